The Morgan fingerprint density at radius 1 is 1.29 bits per heavy atom. The summed E-state index contributed by atoms with van der Waals surface area (Å²) >= 11 is 0. The van der Waals surface area contributed by atoms with Gasteiger partial charge in [0.15, 0.2) is 0 Å². The number of benzene rings is 1. The zero-order chi connectivity index (χ0) is 11.8. The summed E-state index contributed by atoms with van der Waals surface area (Å²) in [5.74, 6) is 0.479. The number of fused-ring (bicyclic) bond motifs is 1. The topological polar surface area (TPSA) is 33.4 Å². The molecule has 3 rings (SSSR count). The maximum atomic E-state index is 13.1. The molecule has 1 heterocycles. The molecule has 0 aliphatic heterocycles. The first kappa shape index (κ1) is 10.5. The fraction of sp³-hybridized carbons (Fsp3) is 0.286. The maximum Gasteiger partial charge on any atom is 0.135 e. The molecule has 0 radical (unpaired) electrons. The van der Waals surface area contributed by atoms with Crippen molar-refractivity contribution < 1.29 is 13.9 Å². The Labute approximate surface area is 98.4 Å². The van der Waals surface area contributed by atoms with Crippen molar-refractivity contribution in [2.24, 2.45) is 0 Å². The fourth-order valence-electron chi connectivity index (χ4n) is 2.28. The lowest BCUT2D eigenvalue weighted by Crippen LogP contribution is -2.07. The molecule has 2 aromatic rings. The monoisotopic (exact) mass is 232 g/mol. The maximum absolute atomic E-state index is 13.1. The minimum absolute atomic E-state index is 0.262. The summed E-state index contributed by atoms with van der Waals surface area (Å²) in [4.78, 5) is 0. The Morgan fingerprint density at radius 3 is 3.00 bits per heavy atom. The predicted octanol–water partition coefficient (Wildman–Crippen LogP) is 3.50. The highest BCUT2D eigenvalue weighted by Gasteiger charge is 2.15. The van der Waals surface area contributed by atoms with Crippen LogP contribution in [0.3, 0.4) is 0 Å². The molecule has 0 spiro atoms. The molecule has 0 bridgehead atoms. The van der Waals surface area contributed by atoms with E-state index >= 15 is 0 Å². The first-order valence-corrected chi connectivity index (χ1v) is 5.80. The molecule has 1 unspecified atom stereocenters. The normalized spacial score (nSPS) is 20.6. The van der Waals surface area contributed by atoms with Crippen molar-refractivity contribution in [1.29, 1.82) is 0 Å². The lowest BCUT2D eigenvalue weighted by molar-refractivity contribution is 0.205. The van der Waals surface area contributed by atoms with Gasteiger partial charge in [-0.2, -0.15) is 0 Å². The molecule has 0 fully saturated rings. The largest absolute Gasteiger partial charge is 0.456 e. The summed E-state index contributed by atoms with van der Waals surface area (Å²) in [5.41, 5.74) is 1.70. The molecular formula is C14H13FO2. The van der Waals surface area contributed by atoms with Crippen LogP contribution < -0.4 is 0 Å². The first-order chi connectivity index (χ1) is 8.22. The van der Waals surface area contributed by atoms with E-state index in [1.807, 2.05) is 12.1 Å². The van der Waals surface area contributed by atoms with Crippen LogP contribution in [0.5, 0.6) is 0 Å². The third kappa shape index (κ3) is 1.98. The molecule has 1 N–H and O–H groups in total. The fourth-order valence-corrected chi connectivity index (χ4v) is 2.28. The van der Waals surface area contributed by atoms with Crippen LogP contribution in [0, 0.1) is 5.82 Å². The molecule has 3 heteroatoms. The van der Waals surface area contributed by atoms with Crippen molar-refractivity contribution in [3.63, 3.8) is 0 Å². The van der Waals surface area contributed by atoms with Crippen LogP contribution in [0.15, 0.2) is 34.8 Å². The number of rotatable bonds is 1. The summed E-state index contributed by atoms with van der Waals surface area (Å²) < 4.78 is 18.7. The van der Waals surface area contributed by atoms with E-state index in [1.165, 1.54) is 12.1 Å². The smallest absolute Gasteiger partial charge is 0.135 e. The second-order valence-corrected chi connectivity index (χ2v) is 4.44. The lowest BCUT2D eigenvalue weighted by atomic mass is 9.96. The quantitative estimate of drug-likeness (QED) is 0.816. The first-order valence-electron chi connectivity index (χ1n) is 5.80. The average Bonchev–Trinajstić information content (AvgIpc) is 2.72. The summed E-state index contributed by atoms with van der Waals surface area (Å²) in [6, 6.07) is 6.32. The highest BCUT2D eigenvalue weighted by atomic mass is 19.1. The van der Waals surface area contributed by atoms with Crippen LogP contribution in [-0.2, 0) is 0 Å². The van der Waals surface area contributed by atoms with Gasteiger partial charge >= 0.3 is 0 Å². The molecule has 1 aromatic carbocycles. The van der Waals surface area contributed by atoms with Crippen LogP contribution in [0.2, 0.25) is 0 Å². The van der Waals surface area contributed by atoms with Gasteiger partial charge in [0.25, 0.3) is 0 Å². The van der Waals surface area contributed by atoms with Gasteiger partial charge in [0.1, 0.15) is 17.2 Å². The molecule has 2 nitrogen and oxygen atoms in total. The number of aliphatic hydroxyl groups excluding tert-OH is 1. The summed E-state index contributed by atoms with van der Waals surface area (Å²) in [6.07, 6.45) is 4.11. The van der Waals surface area contributed by atoms with Gasteiger partial charge in [-0.1, -0.05) is 0 Å². The number of furan rings is 1. The Bertz CT molecular complexity index is 583. The van der Waals surface area contributed by atoms with Gasteiger partial charge in [0.05, 0.1) is 6.10 Å². The minimum atomic E-state index is -0.385. The van der Waals surface area contributed by atoms with Gasteiger partial charge in [-0.25, -0.2) is 4.39 Å². The Kier molecular flexibility index (Phi) is 2.48. The van der Waals surface area contributed by atoms with Crippen molar-refractivity contribution >= 4 is 16.5 Å². The Hall–Kier alpha value is -1.61. The van der Waals surface area contributed by atoms with E-state index in [4.69, 9.17) is 4.42 Å². The van der Waals surface area contributed by atoms with Crippen LogP contribution in [0.4, 0.5) is 4.39 Å². The van der Waals surface area contributed by atoms with Gasteiger partial charge in [0, 0.05) is 5.39 Å². The standard InChI is InChI=1S/C14H13FO2/c15-11-4-5-13-10(6-11)8-14(17-13)9-2-1-3-12(16)7-9/h4-8,12,16H,1-3H2. The van der Waals surface area contributed by atoms with E-state index in [1.54, 1.807) is 6.07 Å². The van der Waals surface area contributed by atoms with E-state index in [0.717, 1.165) is 36.0 Å². The molecule has 1 atom stereocenters. The zero-order valence-electron chi connectivity index (χ0n) is 9.32. The van der Waals surface area contributed by atoms with E-state index < -0.39 is 0 Å². The number of halogens is 1. The zero-order valence-corrected chi connectivity index (χ0v) is 9.32. The van der Waals surface area contributed by atoms with Gasteiger partial charge < -0.3 is 9.52 Å². The molecule has 1 aromatic heterocycles. The van der Waals surface area contributed by atoms with Crippen molar-refractivity contribution in [2.75, 3.05) is 0 Å². The number of hydrogen-bond acceptors (Lipinski definition) is 2. The highest BCUT2D eigenvalue weighted by molar-refractivity contribution is 5.82. The van der Waals surface area contributed by atoms with Crippen molar-refractivity contribution in [1.82, 2.24) is 0 Å². The predicted molar refractivity (Wildman–Crippen MR) is 64.0 cm³/mol. The average molecular weight is 232 g/mol. The summed E-state index contributed by atoms with van der Waals surface area (Å²) in [7, 11) is 0. The van der Waals surface area contributed by atoms with Crippen LogP contribution >= 0.6 is 0 Å². The van der Waals surface area contributed by atoms with Crippen LogP contribution in [-0.4, -0.2) is 11.2 Å². The number of hydrogen-bond donors (Lipinski definition) is 1. The second-order valence-electron chi connectivity index (χ2n) is 4.44. The van der Waals surface area contributed by atoms with Crippen molar-refractivity contribution in [3.8, 4) is 0 Å². The van der Waals surface area contributed by atoms with E-state index in [-0.39, 0.29) is 11.9 Å². The molecule has 88 valence electrons. The Morgan fingerprint density at radius 2 is 2.18 bits per heavy atom. The molecule has 1 aliphatic carbocycles. The molecular weight excluding hydrogens is 219 g/mol. The van der Waals surface area contributed by atoms with Crippen molar-refractivity contribution in [2.45, 2.75) is 25.4 Å². The van der Waals surface area contributed by atoms with Gasteiger partial charge in [0.2, 0.25) is 0 Å². The molecule has 17 heavy (non-hydrogen) atoms. The molecule has 1 aliphatic rings. The van der Waals surface area contributed by atoms with Crippen LogP contribution in [0.25, 0.3) is 16.5 Å². The SMILES string of the molecule is OC1C=C(c2cc3cc(F)ccc3o2)CCC1. The van der Waals surface area contributed by atoms with Gasteiger partial charge in [-0.3, -0.25) is 0 Å². The van der Waals surface area contributed by atoms with E-state index in [0.29, 0.717) is 5.58 Å². The lowest BCUT2D eigenvalue weighted by Gasteiger charge is -2.14. The van der Waals surface area contributed by atoms with E-state index in [9.17, 15) is 9.50 Å². The second kappa shape index (κ2) is 4.00. The highest BCUT2D eigenvalue weighted by Crippen LogP contribution is 2.31. The summed E-state index contributed by atoms with van der Waals surface area (Å²) in [6.45, 7) is 0. The van der Waals surface area contributed by atoms with Gasteiger partial charge in [-0.15, -0.1) is 0 Å². The number of aliphatic hydroxyl groups is 1. The number of allylic oxidation sites excluding steroid dienone is 1. The molecule has 0 amide bonds. The Balaban J connectivity index is 2.06. The van der Waals surface area contributed by atoms with Crippen molar-refractivity contribution in [3.05, 3.63) is 41.9 Å². The summed E-state index contributed by atoms with van der Waals surface area (Å²) in [5, 5.41) is 10.3. The molecule has 0 saturated heterocycles. The third-order valence-corrected chi connectivity index (χ3v) is 3.13. The molecule has 0 saturated carbocycles. The minimum Gasteiger partial charge on any atom is -0.456 e. The van der Waals surface area contributed by atoms with E-state index in [2.05, 4.69) is 0 Å². The van der Waals surface area contributed by atoms with Crippen LogP contribution in [0.1, 0.15) is 25.0 Å². The van der Waals surface area contributed by atoms with Gasteiger partial charge in [-0.05, 0) is 55.2 Å². The third-order valence-electron chi connectivity index (χ3n) is 3.13.